The van der Waals surface area contributed by atoms with Crippen LogP contribution in [0.15, 0.2) is 30.3 Å². The maximum Gasteiger partial charge on any atom is 0.0445 e. The Kier molecular flexibility index (Phi) is 6.23. The van der Waals surface area contributed by atoms with Crippen molar-refractivity contribution in [2.45, 2.75) is 45.7 Å². The first-order chi connectivity index (χ1) is 8.13. The van der Waals surface area contributed by atoms with Crippen LogP contribution in [0.1, 0.15) is 32.8 Å². The van der Waals surface area contributed by atoms with Crippen LogP contribution in [-0.2, 0) is 6.42 Å². The van der Waals surface area contributed by atoms with E-state index in [1.165, 1.54) is 5.56 Å². The molecule has 2 nitrogen and oxygen atoms in total. The van der Waals surface area contributed by atoms with Crippen molar-refractivity contribution in [1.29, 1.82) is 0 Å². The first-order valence-corrected chi connectivity index (χ1v) is 6.54. The van der Waals surface area contributed by atoms with E-state index in [1.54, 1.807) is 0 Å². The molecule has 1 aromatic carbocycles. The predicted octanol–water partition coefficient (Wildman–Crippen LogP) is 2.61. The van der Waals surface area contributed by atoms with E-state index < -0.39 is 0 Å². The highest BCUT2D eigenvalue weighted by atomic mass is 16.3. The van der Waals surface area contributed by atoms with E-state index in [-0.39, 0.29) is 6.61 Å². The highest BCUT2D eigenvalue weighted by molar-refractivity contribution is 5.15. The van der Waals surface area contributed by atoms with E-state index in [1.807, 2.05) is 6.07 Å². The molecule has 0 fully saturated rings. The molecule has 0 saturated heterocycles. The van der Waals surface area contributed by atoms with Gasteiger partial charge >= 0.3 is 0 Å². The number of aliphatic hydroxyl groups excluding tert-OH is 1. The van der Waals surface area contributed by atoms with Crippen molar-refractivity contribution in [3.8, 4) is 0 Å². The molecule has 1 rings (SSSR count). The van der Waals surface area contributed by atoms with Gasteiger partial charge in [0.2, 0.25) is 0 Å². The average molecular weight is 235 g/mol. The van der Waals surface area contributed by atoms with Crippen LogP contribution >= 0.6 is 0 Å². The molecular formula is C15H25NO. The zero-order valence-electron chi connectivity index (χ0n) is 11.2. The summed E-state index contributed by atoms with van der Waals surface area (Å²) in [6.07, 6.45) is 1.87. The lowest BCUT2D eigenvalue weighted by atomic mass is 9.99. The maximum absolute atomic E-state index is 9.05. The van der Waals surface area contributed by atoms with E-state index in [4.69, 9.17) is 5.11 Å². The Morgan fingerprint density at radius 1 is 1.12 bits per heavy atom. The van der Waals surface area contributed by atoms with Gasteiger partial charge in [0.05, 0.1) is 0 Å². The summed E-state index contributed by atoms with van der Waals surface area (Å²) in [4.78, 5) is 0. The van der Waals surface area contributed by atoms with Crippen LogP contribution in [0.2, 0.25) is 0 Å². The van der Waals surface area contributed by atoms with Crippen LogP contribution < -0.4 is 5.32 Å². The number of hydrogen-bond donors (Lipinski definition) is 2. The van der Waals surface area contributed by atoms with Gasteiger partial charge < -0.3 is 10.4 Å². The molecule has 0 bridgehead atoms. The summed E-state index contributed by atoms with van der Waals surface area (Å²) >= 11 is 0. The van der Waals surface area contributed by atoms with Crippen molar-refractivity contribution in [2.24, 2.45) is 5.92 Å². The van der Waals surface area contributed by atoms with Crippen LogP contribution in [0, 0.1) is 5.92 Å². The van der Waals surface area contributed by atoms with Crippen molar-refractivity contribution < 1.29 is 5.11 Å². The zero-order chi connectivity index (χ0) is 12.7. The minimum absolute atomic E-state index is 0.258. The van der Waals surface area contributed by atoms with E-state index in [9.17, 15) is 0 Å². The largest absolute Gasteiger partial charge is 0.396 e. The van der Waals surface area contributed by atoms with E-state index in [2.05, 4.69) is 50.4 Å². The molecule has 0 aromatic heterocycles. The second kappa shape index (κ2) is 7.46. The van der Waals surface area contributed by atoms with Gasteiger partial charge in [0.1, 0.15) is 0 Å². The summed E-state index contributed by atoms with van der Waals surface area (Å²) in [5.74, 6) is 0.556. The molecule has 2 heteroatoms. The average Bonchev–Trinajstić information content (AvgIpc) is 2.29. The Bertz CT molecular complexity index is 297. The smallest absolute Gasteiger partial charge is 0.0445 e. The fourth-order valence-electron chi connectivity index (χ4n) is 2.14. The molecule has 0 aliphatic rings. The minimum Gasteiger partial charge on any atom is -0.396 e. The molecule has 0 radical (unpaired) electrons. The quantitative estimate of drug-likeness (QED) is 0.761. The van der Waals surface area contributed by atoms with E-state index in [0.717, 1.165) is 12.8 Å². The fraction of sp³-hybridized carbons (Fsp3) is 0.600. The maximum atomic E-state index is 9.05. The fourth-order valence-corrected chi connectivity index (χ4v) is 2.14. The molecule has 0 heterocycles. The molecule has 0 aliphatic heterocycles. The van der Waals surface area contributed by atoms with Crippen molar-refractivity contribution in [3.63, 3.8) is 0 Å². The number of aliphatic hydroxyl groups is 1. The van der Waals surface area contributed by atoms with Gasteiger partial charge in [-0.25, -0.2) is 0 Å². The molecule has 0 amide bonds. The predicted molar refractivity (Wildman–Crippen MR) is 73.1 cm³/mol. The zero-order valence-corrected chi connectivity index (χ0v) is 11.2. The number of rotatable bonds is 7. The number of benzene rings is 1. The second-order valence-electron chi connectivity index (χ2n) is 5.12. The van der Waals surface area contributed by atoms with Gasteiger partial charge in [0.15, 0.2) is 0 Å². The summed E-state index contributed by atoms with van der Waals surface area (Å²) in [7, 11) is 0. The van der Waals surface area contributed by atoms with Crippen LogP contribution in [0.4, 0.5) is 0 Å². The highest BCUT2D eigenvalue weighted by Crippen LogP contribution is 2.09. The van der Waals surface area contributed by atoms with Gasteiger partial charge in [0.25, 0.3) is 0 Å². The molecule has 0 spiro atoms. The van der Waals surface area contributed by atoms with Gasteiger partial charge in [-0.2, -0.15) is 0 Å². The van der Waals surface area contributed by atoms with Crippen molar-refractivity contribution >= 4 is 0 Å². The third-order valence-corrected chi connectivity index (χ3v) is 3.13. The summed E-state index contributed by atoms with van der Waals surface area (Å²) in [5, 5.41) is 12.7. The Morgan fingerprint density at radius 3 is 2.29 bits per heavy atom. The first kappa shape index (κ1) is 14.2. The summed E-state index contributed by atoms with van der Waals surface area (Å²) in [6, 6.07) is 11.4. The van der Waals surface area contributed by atoms with Gasteiger partial charge in [-0.15, -0.1) is 0 Å². The van der Waals surface area contributed by atoms with Crippen LogP contribution in [0.5, 0.6) is 0 Å². The Hall–Kier alpha value is -0.860. The molecule has 0 aliphatic carbocycles. The molecule has 17 heavy (non-hydrogen) atoms. The SMILES string of the molecule is CC(Cc1ccccc1)NC(CCO)C(C)C. The van der Waals surface area contributed by atoms with Crippen LogP contribution in [-0.4, -0.2) is 23.8 Å². The van der Waals surface area contributed by atoms with Crippen molar-refractivity contribution in [3.05, 3.63) is 35.9 Å². The third-order valence-electron chi connectivity index (χ3n) is 3.13. The lowest BCUT2D eigenvalue weighted by Gasteiger charge is -2.26. The Labute approximate surface area is 105 Å². The standard InChI is InChI=1S/C15H25NO/c1-12(2)15(9-10-17)16-13(3)11-14-7-5-4-6-8-14/h4-8,12-13,15-17H,9-11H2,1-3H3. The molecule has 2 atom stereocenters. The third kappa shape index (κ3) is 5.33. The minimum atomic E-state index is 0.258. The summed E-state index contributed by atoms with van der Waals surface area (Å²) in [5.41, 5.74) is 1.36. The molecule has 96 valence electrons. The molecule has 0 saturated carbocycles. The van der Waals surface area contributed by atoms with Gasteiger partial charge in [-0.3, -0.25) is 0 Å². The Morgan fingerprint density at radius 2 is 1.76 bits per heavy atom. The van der Waals surface area contributed by atoms with Crippen molar-refractivity contribution in [2.75, 3.05) is 6.61 Å². The molecular weight excluding hydrogens is 210 g/mol. The van der Waals surface area contributed by atoms with Gasteiger partial charge in [-0.05, 0) is 31.2 Å². The van der Waals surface area contributed by atoms with Crippen molar-refractivity contribution in [1.82, 2.24) is 5.32 Å². The first-order valence-electron chi connectivity index (χ1n) is 6.54. The second-order valence-corrected chi connectivity index (χ2v) is 5.12. The summed E-state index contributed by atoms with van der Waals surface area (Å²) in [6.45, 7) is 6.86. The van der Waals surface area contributed by atoms with Crippen LogP contribution in [0.25, 0.3) is 0 Å². The normalized spacial score (nSPS) is 14.9. The lowest BCUT2D eigenvalue weighted by Crippen LogP contribution is -2.41. The lowest BCUT2D eigenvalue weighted by molar-refractivity contribution is 0.236. The number of hydrogen-bond acceptors (Lipinski definition) is 2. The van der Waals surface area contributed by atoms with E-state index in [0.29, 0.717) is 18.0 Å². The van der Waals surface area contributed by atoms with Crippen LogP contribution in [0.3, 0.4) is 0 Å². The Balaban J connectivity index is 2.44. The highest BCUT2D eigenvalue weighted by Gasteiger charge is 2.15. The molecule has 1 aromatic rings. The topological polar surface area (TPSA) is 32.3 Å². The monoisotopic (exact) mass is 235 g/mol. The van der Waals surface area contributed by atoms with E-state index >= 15 is 0 Å². The molecule has 2 N–H and O–H groups in total. The van der Waals surface area contributed by atoms with Gasteiger partial charge in [-0.1, -0.05) is 44.2 Å². The number of nitrogens with one attached hydrogen (secondary N) is 1. The molecule has 2 unspecified atom stereocenters. The summed E-state index contributed by atoms with van der Waals surface area (Å²) < 4.78 is 0. The van der Waals surface area contributed by atoms with Gasteiger partial charge in [0, 0.05) is 18.7 Å².